The number of benzene rings is 3. The summed E-state index contributed by atoms with van der Waals surface area (Å²) in [5, 5.41) is 24.8. The topological polar surface area (TPSA) is 111 Å². The van der Waals surface area contributed by atoms with Crippen molar-refractivity contribution in [1.29, 1.82) is 0 Å². The maximum absolute atomic E-state index is 11.4. The Kier molecular flexibility index (Phi) is 8.67. The van der Waals surface area contributed by atoms with Crippen LogP contribution in [0, 0.1) is 0 Å². The second kappa shape index (κ2) is 12.5. The number of carbonyl (C=O) groups is 1. The van der Waals surface area contributed by atoms with Gasteiger partial charge in [0.05, 0.1) is 18.8 Å². The summed E-state index contributed by atoms with van der Waals surface area (Å²) in [6.45, 7) is 1.99. The number of amides is 1. The van der Waals surface area contributed by atoms with Crippen LogP contribution in [0.5, 0.6) is 0 Å². The van der Waals surface area contributed by atoms with Crippen molar-refractivity contribution >= 4 is 17.7 Å². The van der Waals surface area contributed by atoms with Crippen LogP contribution in [0.1, 0.15) is 48.0 Å². The molecule has 0 spiro atoms. The normalized spacial score (nSPS) is 19.1. The molecule has 4 aromatic rings. The van der Waals surface area contributed by atoms with Gasteiger partial charge in [-0.15, -0.1) is 5.10 Å². The Morgan fingerprint density at radius 2 is 1.79 bits per heavy atom. The zero-order valence-electron chi connectivity index (χ0n) is 21.9. The van der Waals surface area contributed by atoms with Gasteiger partial charge in [-0.3, -0.25) is 4.79 Å². The molecule has 0 radical (unpaired) electrons. The number of aliphatic hydroxyl groups is 1. The molecule has 0 saturated carbocycles. The van der Waals surface area contributed by atoms with Crippen molar-refractivity contribution in [2.75, 3.05) is 5.75 Å². The van der Waals surface area contributed by atoms with Gasteiger partial charge >= 0.3 is 0 Å². The molecule has 1 fully saturated rings. The van der Waals surface area contributed by atoms with Crippen LogP contribution >= 0.6 is 11.8 Å². The molecule has 9 nitrogen and oxygen atoms in total. The van der Waals surface area contributed by atoms with Gasteiger partial charge < -0.3 is 19.9 Å². The third-order valence-electron chi connectivity index (χ3n) is 6.63. The first-order valence-corrected chi connectivity index (χ1v) is 13.8. The lowest BCUT2D eigenvalue weighted by molar-refractivity contribution is -0.245. The van der Waals surface area contributed by atoms with Crippen LogP contribution in [0.2, 0.25) is 0 Å². The molecule has 1 amide bonds. The van der Waals surface area contributed by atoms with Crippen molar-refractivity contribution in [1.82, 2.24) is 25.5 Å². The molecule has 0 bridgehead atoms. The highest BCUT2D eigenvalue weighted by Crippen LogP contribution is 2.39. The second-order valence-corrected chi connectivity index (χ2v) is 10.4. The lowest BCUT2D eigenvalue weighted by atomic mass is 9.98. The molecule has 3 unspecified atom stereocenters. The van der Waals surface area contributed by atoms with E-state index in [-0.39, 0.29) is 24.7 Å². The van der Waals surface area contributed by atoms with Crippen LogP contribution in [-0.2, 0) is 34.5 Å². The van der Waals surface area contributed by atoms with E-state index in [1.807, 2.05) is 61.6 Å². The number of ether oxygens (including phenoxy) is 2. The van der Waals surface area contributed by atoms with Gasteiger partial charge in [-0.05, 0) is 38.2 Å². The zero-order chi connectivity index (χ0) is 27.2. The Morgan fingerprint density at radius 1 is 1.05 bits per heavy atom. The molecule has 2 heterocycles. The highest BCUT2D eigenvalue weighted by molar-refractivity contribution is 7.99. The number of aryl methyl sites for hydroxylation is 1. The highest BCUT2D eigenvalue weighted by Gasteiger charge is 2.32. The molecule has 202 valence electrons. The lowest BCUT2D eigenvalue weighted by Crippen LogP contribution is -2.31. The van der Waals surface area contributed by atoms with E-state index in [0.717, 1.165) is 38.5 Å². The van der Waals surface area contributed by atoms with Crippen LogP contribution < -0.4 is 5.32 Å². The van der Waals surface area contributed by atoms with Crippen molar-refractivity contribution in [2.24, 2.45) is 7.05 Å². The number of thioether (sulfide) groups is 1. The van der Waals surface area contributed by atoms with E-state index in [9.17, 15) is 9.90 Å². The summed E-state index contributed by atoms with van der Waals surface area (Å²) in [6.07, 6.45) is -0.126. The fourth-order valence-corrected chi connectivity index (χ4v) is 5.40. The number of nitrogens with one attached hydrogen (secondary N) is 1. The third-order valence-corrected chi connectivity index (χ3v) is 7.78. The van der Waals surface area contributed by atoms with E-state index in [4.69, 9.17) is 9.47 Å². The third kappa shape index (κ3) is 6.72. The first-order valence-electron chi connectivity index (χ1n) is 12.8. The van der Waals surface area contributed by atoms with Crippen LogP contribution in [-0.4, -0.2) is 43.1 Å². The molecular formula is C29H31N5O4S. The van der Waals surface area contributed by atoms with Gasteiger partial charge in [-0.1, -0.05) is 84.6 Å². The number of rotatable bonds is 9. The lowest BCUT2D eigenvalue weighted by Gasteiger charge is -2.36. The van der Waals surface area contributed by atoms with E-state index in [1.165, 1.54) is 6.92 Å². The smallest absolute Gasteiger partial charge is 0.217 e. The number of aliphatic hydroxyl groups excluding tert-OH is 1. The molecule has 10 heteroatoms. The standard InChI is InChI=1S/C29H31N5O4S/c1-19(36)30-16-24-5-3-4-6-26(24)21-11-13-23(14-12-21)28-37-25(18-39-29-31-32-33-34(29)2)15-27(38-28)22-9-7-20(17-35)8-10-22/h3-14,25,27-28,35H,15-18H2,1-2H3,(H,30,36). The molecule has 5 rings (SSSR count). The van der Waals surface area contributed by atoms with Crippen molar-refractivity contribution in [2.45, 2.75) is 50.2 Å². The Balaban J connectivity index is 1.36. The van der Waals surface area contributed by atoms with Gasteiger partial charge in [0.25, 0.3) is 0 Å². The van der Waals surface area contributed by atoms with Crippen molar-refractivity contribution < 1.29 is 19.4 Å². The summed E-state index contributed by atoms with van der Waals surface area (Å²) in [7, 11) is 1.82. The van der Waals surface area contributed by atoms with E-state index in [1.54, 1.807) is 16.4 Å². The Bertz CT molecular complexity index is 1390. The Hall–Kier alpha value is -3.57. The van der Waals surface area contributed by atoms with Crippen molar-refractivity contribution in [3.8, 4) is 11.1 Å². The predicted octanol–water partition coefficient (Wildman–Crippen LogP) is 4.34. The fraction of sp³-hybridized carbons (Fsp3) is 0.310. The summed E-state index contributed by atoms with van der Waals surface area (Å²) in [4.78, 5) is 11.4. The summed E-state index contributed by atoms with van der Waals surface area (Å²) < 4.78 is 14.6. The van der Waals surface area contributed by atoms with Crippen LogP contribution in [0.25, 0.3) is 11.1 Å². The largest absolute Gasteiger partial charge is 0.392 e. The number of tetrazole rings is 1. The molecule has 1 aliphatic heterocycles. The predicted molar refractivity (Wildman–Crippen MR) is 147 cm³/mol. The molecule has 3 aromatic carbocycles. The summed E-state index contributed by atoms with van der Waals surface area (Å²) in [5.41, 5.74) is 5.99. The summed E-state index contributed by atoms with van der Waals surface area (Å²) in [6, 6.07) is 24.1. The van der Waals surface area contributed by atoms with Crippen molar-refractivity contribution in [3.63, 3.8) is 0 Å². The Labute approximate surface area is 231 Å². The molecule has 2 N–H and O–H groups in total. The quantitative estimate of drug-likeness (QED) is 0.299. The zero-order valence-corrected chi connectivity index (χ0v) is 22.7. The molecule has 1 aromatic heterocycles. The molecule has 3 atom stereocenters. The van der Waals surface area contributed by atoms with Gasteiger partial charge in [-0.2, -0.15) is 0 Å². The maximum atomic E-state index is 11.4. The minimum Gasteiger partial charge on any atom is -0.392 e. The monoisotopic (exact) mass is 545 g/mol. The molecule has 1 saturated heterocycles. The molecular weight excluding hydrogens is 514 g/mol. The van der Waals surface area contributed by atoms with E-state index in [0.29, 0.717) is 18.7 Å². The van der Waals surface area contributed by atoms with Gasteiger partial charge in [-0.25, -0.2) is 4.68 Å². The molecule has 0 aliphatic carbocycles. The van der Waals surface area contributed by atoms with Crippen LogP contribution in [0.15, 0.2) is 78.0 Å². The molecule has 1 aliphatic rings. The summed E-state index contributed by atoms with van der Waals surface area (Å²) in [5.74, 6) is 0.615. The highest BCUT2D eigenvalue weighted by atomic mass is 32.2. The number of aromatic nitrogens is 4. The minimum absolute atomic E-state index is 0.00281. The Morgan fingerprint density at radius 3 is 2.49 bits per heavy atom. The van der Waals surface area contributed by atoms with E-state index >= 15 is 0 Å². The first kappa shape index (κ1) is 27.0. The van der Waals surface area contributed by atoms with Gasteiger partial charge in [0, 0.05) is 38.3 Å². The number of hydrogen-bond donors (Lipinski definition) is 2. The SMILES string of the molecule is CC(=O)NCc1ccccc1-c1ccc(C2OC(CSc3nnnn3C)CC(c3ccc(CO)cc3)O2)cc1. The average molecular weight is 546 g/mol. The first-order chi connectivity index (χ1) is 19.0. The average Bonchev–Trinajstić information content (AvgIpc) is 3.39. The maximum Gasteiger partial charge on any atom is 0.217 e. The van der Waals surface area contributed by atoms with Crippen LogP contribution in [0.4, 0.5) is 0 Å². The number of hydrogen-bond acceptors (Lipinski definition) is 8. The number of carbonyl (C=O) groups excluding carboxylic acids is 1. The number of nitrogens with zero attached hydrogens (tertiary/aromatic N) is 4. The molecule has 39 heavy (non-hydrogen) atoms. The summed E-state index contributed by atoms with van der Waals surface area (Å²) >= 11 is 1.55. The minimum atomic E-state index is -0.548. The van der Waals surface area contributed by atoms with Gasteiger partial charge in [0.2, 0.25) is 11.1 Å². The van der Waals surface area contributed by atoms with E-state index in [2.05, 4.69) is 39.0 Å². The second-order valence-electron chi connectivity index (χ2n) is 9.44. The van der Waals surface area contributed by atoms with Crippen molar-refractivity contribution in [3.05, 3.63) is 95.1 Å². The fourth-order valence-electron chi connectivity index (χ4n) is 4.53. The van der Waals surface area contributed by atoms with Gasteiger partial charge in [0.15, 0.2) is 6.29 Å². The van der Waals surface area contributed by atoms with E-state index < -0.39 is 6.29 Å². The van der Waals surface area contributed by atoms with Gasteiger partial charge in [0.1, 0.15) is 0 Å². The van der Waals surface area contributed by atoms with Crippen LogP contribution in [0.3, 0.4) is 0 Å².